The fourth-order valence-electron chi connectivity index (χ4n) is 2.15. The van der Waals surface area contributed by atoms with Crippen LogP contribution in [0, 0.1) is 5.92 Å². The van der Waals surface area contributed by atoms with Gasteiger partial charge in [0.15, 0.2) is 5.96 Å². The fraction of sp³-hybridized carbons (Fsp3) is 0.750. The zero-order valence-electron chi connectivity index (χ0n) is 14.4. The van der Waals surface area contributed by atoms with Crippen molar-refractivity contribution in [3.05, 3.63) is 18.7 Å². The Balaban J connectivity index is 0.00000441. The number of hydrogen-bond acceptors (Lipinski definition) is 2. The molecule has 0 amide bonds. The van der Waals surface area contributed by atoms with E-state index in [1.807, 2.05) is 17.1 Å². The highest BCUT2D eigenvalue weighted by molar-refractivity contribution is 14.0. The van der Waals surface area contributed by atoms with E-state index in [1.54, 1.807) is 6.20 Å². The van der Waals surface area contributed by atoms with Crippen LogP contribution in [-0.2, 0) is 6.54 Å². The van der Waals surface area contributed by atoms with Crippen LogP contribution in [0.15, 0.2) is 23.7 Å². The summed E-state index contributed by atoms with van der Waals surface area (Å²) < 4.78 is 2.04. The summed E-state index contributed by atoms with van der Waals surface area (Å²) in [5.74, 6) is 1.70. The lowest BCUT2D eigenvalue weighted by atomic mass is 10.0. The predicted octanol–water partition coefficient (Wildman–Crippen LogP) is 3.27. The molecule has 0 aliphatic heterocycles. The third-order valence-corrected chi connectivity index (χ3v) is 3.33. The molecule has 22 heavy (non-hydrogen) atoms. The van der Waals surface area contributed by atoms with Gasteiger partial charge in [-0.2, -0.15) is 0 Å². The van der Waals surface area contributed by atoms with Crippen molar-refractivity contribution in [3.8, 4) is 0 Å². The van der Waals surface area contributed by atoms with Crippen LogP contribution in [-0.4, -0.2) is 34.6 Å². The van der Waals surface area contributed by atoms with Crippen LogP contribution in [0.1, 0.15) is 47.0 Å². The summed E-state index contributed by atoms with van der Waals surface area (Å²) in [7, 11) is 0. The Hall–Kier alpha value is -0.790. The van der Waals surface area contributed by atoms with E-state index in [0.717, 1.165) is 31.5 Å². The van der Waals surface area contributed by atoms with Crippen LogP contribution in [0.25, 0.3) is 0 Å². The molecule has 1 heterocycles. The third kappa shape index (κ3) is 10.0. The van der Waals surface area contributed by atoms with Gasteiger partial charge in [-0.1, -0.05) is 26.7 Å². The quantitative estimate of drug-likeness (QED) is 0.366. The first kappa shape index (κ1) is 21.2. The predicted molar refractivity (Wildman–Crippen MR) is 105 cm³/mol. The smallest absolute Gasteiger partial charge is 0.191 e. The van der Waals surface area contributed by atoms with Gasteiger partial charge in [0.2, 0.25) is 0 Å². The molecule has 6 heteroatoms. The minimum Gasteiger partial charge on any atom is -0.357 e. The summed E-state index contributed by atoms with van der Waals surface area (Å²) in [6.07, 6.45) is 9.32. The van der Waals surface area contributed by atoms with Gasteiger partial charge in [0, 0.05) is 31.5 Å². The molecule has 1 unspecified atom stereocenters. The van der Waals surface area contributed by atoms with E-state index in [9.17, 15) is 0 Å². The normalized spacial score (nSPS) is 12.9. The van der Waals surface area contributed by atoms with E-state index >= 15 is 0 Å². The lowest BCUT2D eigenvalue weighted by molar-refractivity contribution is 0.491. The molecular formula is C16H32IN5. The molecule has 1 rings (SSSR count). The van der Waals surface area contributed by atoms with E-state index in [4.69, 9.17) is 0 Å². The Kier molecular flexibility index (Phi) is 12.3. The highest BCUT2D eigenvalue weighted by Gasteiger charge is 2.05. The molecule has 1 aromatic rings. The second-order valence-electron chi connectivity index (χ2n) is 5.93. The monoisotopic (exact) mass is 421 g/mol. The molecule has 0 radical (unpaired) electrons. The molecule has 128 valence electrons. The topological polar surface area (TPSA) is 54.2 Å². The molecule has 1 aromatic heterocycles. The summed E-state index contributed by atoms with van der Waals surface area (Å²) in [6.45, 7) is 11.4. The highest BCUT2D eigenvalue weighted by Crippen LogP contribution is 2.08. The summed E-state index contributed by atoms with van der Waals surface area (Å²) in [5.41, 5.74) is 0. The van der Waals surface area contributed by atoms with Gasteiger partial charge < -0.3 is 15.2 Å². The molecule has 2 N–H and O–H groups in total. The number of halogens is 1. The molecule has 0 saturated carbocycles. The van der Waals surface area contributed by atoms with Gasteiger partial charge in [-0.05, 0) is 26.2 Å². The lowest BCUT2D eigenvalue weighted by Crippen LogP contribution is -2.42. The number of nitrogens with one attached hydrogen (secondary N) is 2. The van der Waals surface area contributed by atoms with Crippen LogP contribution < -0.4 is 10.6 Å². The second kappa shape index (κ2) is 12.7. The van der Waals surface area contributed by atoms with E-state index in [-0.39, 0.29) is 24.0 Å². The van der Waals surface area contributed by atoms with Crippen LogP contribution in [0.2, 0.25) is 0 Å². The molecule has 1 atom stereocenters. The minimum absolute atomic E-state index is 0. The van der Waals surface area contributed by atoms with E-state index in [2.05, 4.69) is 48.3 Å². The van der Waals surface area contributed by atoms with Crippen LogP contribution in [0.4, 0.5) is 0 Å². The maximum absolute atomic E-state index is 4.62. The Labute approximate surface area is 152 Å². The van der Waals surface area contributed by atoms with Crippen LogP contribution >= 0.6 is 24.0 Å². The zero-order chi connectivity index (χ0) is 15.5. The molecule has 0 bridgehead atoms. The van der Waals surface area contributed by atoms with Crippen molar-refractivity contribution in [2.24, 2.45) is 10.9 Å². The van der Waals surface area contributed by atoms with Gasteiger partial charge in [-0.15, -0.1) is 24.0 Å². The Morgan fingerprint density at radius 1 is 1.27 bits per heavy atom. The molecule has 0 spiro atoms. The van der Waals surface area contributed by atoms with Gasteiger partial charge in [0.05, 0.1) is 12.9 Å². The fourth-order valence-corrected chi connectivity index (χ4v) is 2.15. The van der Waals surface area contributed by atoms with Gasteiger partial charge in [-0.3, -0.25) is 4.99 Å². The number of guanidine groups is 1. The first-order valence-electron chi connectivity index (χ1n) is 8.12. The van der Waals surface area contributed by atoms with Gasteiger partial charge in [-0.25, -0.2) is 4.98 Å². The highest BCUT2D eigenvalue weighted by atomic mass is 127. The summed E-state index contributed by atoms with van der Waals surface area (Å²) in [5, 5.41) is 6.79. The van der Waals surface area contributed by atoms with Crippen molar-refractivity contribution in [3.63, 3.8) is 0 Å². The van der Waals surface area contributed by atoms with Crippen molar-refractivity contribution in [1.29, 1.82) is 0 Å². The molecule has 0 saturated heterocycles. The van der Waals surface area contributed by atoms with Crippen molar-refractivity contribution in [2.75, 3.05) is 13.1 Å². The zero-order valence-corrected chi connectivity index (χ0v) is 16.7. The molecule has 0 aliphatic rings. The summed E-state index contributed by atoms with van der Waals surface area (Å²) in [6, 6.07) is 0.454. The number of nitrogens with zero attached hydrogens (tertiary/aromatic N) is 3. The van der Waals surface area contributed by atoms with Gasteiger partial charge in [0.1, 0.15) is 0 Å². The maximum atomic E-state index is 4.62. The standard InChI is InChI=1S/C16H31N5.HI/c1-5-18-16(19-10-12-21-11-9-17-13-21)20-15(4)8-6-7-14(2)3;/h9,11,13-15H,5-8,10,12H2,1-4H3,(H2,18,19,20);1H. The number of aliphatic imine (C=N–C) groups is 1. The van der Waals surface area contributed by atoms with E-state index < -0.39 is 0 Å². The first-order valence-corrected chi connectivity index (χ1v) is 8.12. The van der Waals surface area contributed by atoms with Crippen molar-refractivity contribution >= 4 is 29.9 Å². The molecule has 0 fully saturated rings. The van der Waals surface area contributed by atoms with Gasteiger partial charge in [0.25, 0.3) is 0 Å². The Morgan fingerprint density at radius 3 is 2.64 bits per heavy atom. The first-order chi connectivity index (χ1) is 10.1. The molecular weight excluding hydrogens is 389 g/mol. The lowest BCUT2D eigenvalue weighted by Gasteiger charge is -2.18. The average molecular weight is 421 g/mol. The molecule has 5 nitrogen and oxygen atoms in total. The number of hydrogen-bond donors (Lipinski definition) is 2. The SMILES string of the molecule is CCNC(=NCCn1ccnc1)NC(C)CCCC(C)C.I. The van der Waals surface area contributed by atoms with E-state index in [1.165, 1.54) is 19.3 Å². The Morgan fingerprint density at radius 2 is 2.05 bits per heavy atom. The summed E-state index contributed by atoms with van der Waals surface area (Å²) >= 11 is 0. The minimum atomic E-state index is 0. The van der Waals surface area contributed by atoms with Crippen molar-refractivity contribution in [2.45, 2.75) is 59.5 Å². The number of rotatable bonds is 9. The average Bonchev–Trinajstić information content (AvgIpc) is 2.91. The summed E-state index contributed by atoms with van der Waals surface area (Å²) in [4.78, 5) is 8.65. The third-order valence-electron chi connectivity index (χ3n) is 3.33. The second-order valence-corrected chi connectivity index (χ2v) is 5.93. The molecule has 0 aromatic carbocycles. The number of imidazole rings is 1. The number of aromatic nitrogens is 2. The van der Waals surface area contributed by atoms with Crippen LogP contribution in [0.5, 0.6) is 0 Å². The Bertz CT molecular complexity index is 389. The van der Waals surface area contributed by atoms with Crippen molar-refractivity contribution in [1.82, 2.24) is 20.2 Å². The maximum Gasteiger partial charge on any atom is 0.191 e. The van der Waals surface area contributed by atoms with Gasteiger partial charge >= 0.3 is 0 Å². The molecule has 0 aliphatic carbocycles. The van der Waals surface area contributed by atoms with Crippen molar-refractivity contribution < 1.29 is 0 Å². The van der Waals surface area contributed by atoms with Crippen LogP contribution in [0.3, 0.4) is 0 Å². The largest absolute Gasteiger partial charge is 0.357 e. The van der Waals surface area contributed by atoms with E-state index in [0.29, 0.717) is 6.04 Å².